The normalized spacial score (nSPS) is 22.5. The SMILES string of the molecule is CC(=O)NC1CCN(CCCCCOC(C)C)CC1(F)F. The van der Waals surface area contributed by atoms with Crippen LogP contribution in [0.25, 0.3) is 0 Å². The number of alkyl halides is 2. The van der Waals surface area contributed by atoms with E-state index in [0.717, 1.165) is 25.9 Å². The predicted molar refractivity (Wildman–Crippen MR) is 78.5 cm³/mol. The standard InChI is InChI=1S/C15H28F2N2O2/c1-12(2)21-10-6-4-5-8-19-9-7-14(18-13(3)20)15(16,17)11-19/h12,14H,4-11H2,1-3H3,(H,18,20). The Labute approximate surface area is 126 Å². The van der Waals surface area contributed by atoms with Gasteiger partial charge in [-0.25, -0.2) is 8.78 Å². The van der Waals surface area contributed by atoms with Crippen LogP contribution in [0.2, 0.25) is 0 Å². The first-order valence-corrected chi connectivity index (χ1v) is 7.80. The second-order valence-electron chi connectivity index (χ2n) is 6.06. The molecule has 1 aliphatic rings. The van der Waals surface area contributed by atoms with Crippen LogP contribution in [0, 0.1) is 0 Å². The number of hydrogen-bond donors (Lipinski definition) is 1. The summed E-state index contributed by atoms with van der Waals surface area (Å²) in [6.07, 6.45) is 3.42. The molecule has 1 fully saturated rings. The number of hydrogen-bond acceptors (Lipinski definition) is 3. The Morgan fingerprint density at radius 1 is 1.38 bits per heavy atom. The average molecular weight is 306 g/mol. The van der Waals surface area contributed by atoms with Gasteiger partial charge < -0.3 is 10.1 Å². The Balaban J connectivity index is 2.20. The number of carbonyl (C=O) groups excluding carboxylic acids is 1. The molecule has 1 aliphatic heterocycles. The van der Waals surface area contributed by atoms with Crippen LogP contribution in [0.3, 0.4) is 0 Å². The van der Waals surface area contributed by atoms with Crippen LogP contribution in [0.5, 0.6) is 0 Å². The van der Waals surface area contributed by atoms with E-state index in [9.17, 15) is 13.6 Å². The molecule has 0 saturated carbocycles. The summed E-state index contributed by atoms with van der Waals surface area (Å²) in [4.78, 5) is 12.7. The van der Waals surface area contributed by atoms with Gasteiger partial charge in [0.2, 0.25) is 5.91 Å². The van der Waals surface area contributed by atoms with E-state index in [1.54, 1.807) is 4.90 Å². The van der Waals surface area contributed by atoms with Gasteiger partial charge in [0.1, 0.15) is 0 Å². The Hall–Kier alpha value is -0.750. The first kappa shape index (κ1) is 18.3. The minimum atomic E-state index is -2.84. The van der Waals surface area contributed by atoms with Gasteiger partial charge in [0.05, 0.1) is 18.7 Å². The highest BCUT2D eigenvalue weighted by Crippen LogP contribution is 2.27. The number of rotatable bonds is 8. The molecule has 1 rings (SSSR count). The zero-order chi connectivity index (χ0) is 15.9. The number of ether oxygens (including phenoxy) is 1. The van der Waals surface area contributed by atoms with Crippen molar-refractivity contribution in [1.82, 2.24) is 10.2 Å². The minimum absolute atomic E-state index is 0.247. The molecule has 0 aliphatic carbocycles. The lowest BCUT2D eigenvalue weighted by Crippen LogP contribution is -2.58. The molecular formula is C15H28F2N2O2. The summed E-state index contributed by atoms with van der Waals surface area (Å²) in [5, 5.41) is 2.35. The lowest BCUT2D eigenvalue weighted by atomic mass is 10.0. The molecular weight excluding hydrogens is 278 g/mol. The molecule has 0 radical (unpaired) electrons. The molecule has 1 atom stereocenters. The van der Waals surface area contributed by atoms with Crippen molar-refractivity contribution in [2.45, 2.75) is 64.5 Å². The summed E-state index contributed by atoms with van der Waals surface area (Å²) in [6, 6.07) is -1.02. The highest BCUT2D eigenvalue weighted by molar-refractivity contribution is 5.73. The van der Waals surface area contributed by atoms with E-state index in [-0.39, 0.29) is 12.6 Å². The number of amides is 1. The van der Waals surface area contributed by atoms with Crippen molar-refractivity contribution < 1.29 is 18.3 Å². The Kier molecular flexibility index (Phi) is 7.52. The summed E-state index contributed by atoms with van der Waals surface area (Å²) < 4.78 is 33.3. The second-order valence-corrected chi connectivity index (χ2v) is 6.06. The topological polar surface area (TPSA) is 41.6 Å². The first-order chi connectivity index (χ1) is 9.81. The van der Waals surface area contributed by atoms with Crippen molar-refractivity contribution in [3.63, 3.8) is 0 Å². The molecule has 0 aromatic rings. The molecule has 0 bridgehead atoms. The third kappa shape index (κ3) is 7.18. The van der Waals surface area contributed by atoms with Gasteiger partial charge in [0.25, 0.3) is 5.92 Å². The second kappa shape index (κ2) is 8.63. The first-order valence-electron chi connectivity index (χ1n) is 7.80. The van der Waals surface area contributed by atoms with Gasteiger partial charge in [-0.05, 0) is 46.1 Å². The molecule has 1 saturated heterocycles. The lowest BCUT2D eigenvalue weighted by Gasteiger charge is -2.38. The maximum atomic E-state index is 13.9. The minimum Gasteiger partial charge on any atom is -0.379 e. The maximum absolute atomic E-state index is 13.9. The zero-order valence-corrected chi connectivity index (χ0v) is 13.3. The summed E-state index contributed by atoms with van der Waals surface area (Å²) in [6.45, 7) is 7.05. The summed E-state index contributed by atoms with van der Waals surface area (Å²) in [5.74, 6) is -3.23. The lowest BCUT2D eigenvalue weighted by molar-refractivity contribution is -0.128. The highest BCUT2D eigenvalue weighted by atomic mass is 19.3. The van der Waals surface area contributed by atoms with Crippen molar-refractivity contribution in [2.24, 2.45) is 0 Å². The molecule has 4 nitrogen and oxygen atoms in total. The van der Waals surface area contributed by atoms with E-state index in [4.69, 9.17) is 4.74 Å². The van der Waals surface area contributed by atoms with Crippen LogP contribution in [0.15, 0.2) is 0 Å². The van der Waals surface area contributed by atoms with Crippen LogP contribution < -0.4 is 5.32 Å². The summed E-state index contributed by atoms with van der Waals surface area (Å²) in [7, 11) is 0. The fourth-order valence-corrected chi connectivity index (χ4v) is 2.56. The van der Waals surface area contributed by atoms with Crippen LogP contribution >= 0.6 is 0 Å². The average Bonchev–Trinajstić information content (AvgIpc) is 2.35. The maximum Gasteiger partial charge on any atom is 0.280 e. The smallest absolute Gasteiger partial charge is 0.280 e. The number of halogens is 2. The van der Waals surface area contributed by atoms with Crippen molar-refractivity contribution in [2.75, 3.05) is 26.2 Å². The van der Waals surface area contributed by atoms with Gasteiger partial charge in [0, 0.05) is 20.1 Å². The van der Waals surface area contributed by atoms with Crippen LogP contribution in [-0.2, 0) is 9.53 Å². The number of piperidine rings is 1. The van der Waals surface area contributed by atoms with Gasteiger partial charge in [-0.1, -0.05) is 0 Å². The Bertz CT molecular complexity index is 325. The summed E-state index contributed by atoms with van der Waals surface area (Å²) >= 11 is 0. The monoisotopic (exact) mass is 306 g/mol. The van der Waals surface area contributed by atoms with Crippen molar-refractivity contribution in [1.29, 1.82) is 0 Å². The van der Waals surface area contributed by atoms with Crippen LogP contribution in [-0.4, -0.2) is 55.1 Å². The number of nitrogens with one attached hydrogen (secondary N) is 1. The molecule has 124 valence electrons. The van der Waals surface area contributed by atoms with Crippen molar-refractivity contribution in [3.8, 4) is 0 Å². The van der Waals surface area contributed by atoms with Gasteiger partial charge in [-0.3, -0.25) is 9.69 Å². The van der Waals surface area contributed by atoms with Gasteiger partial charge in [-0.15, -0.1) is 0 Å². The van der Waals surface area contributed by atoms with Gasteiger partial charge in [0.15, 0.2) is 0 Å². The highest BCUT2D eigenvalue weighted by Gasteiger charge is 2.44. The number of nitrogens with zero attached hydrogens (tertiary/aromatic N) is 1. The van der Waals surface area contributed by atoms with Gasteiger partial charge >= 0.3 is 0 Å². The molecule has 1 amide bonds. The third-order valence-corrected chi connectivity index (χ3v) is 3.63. The fraction of sp³-hybridized carbons (Fsp3) is 0.933. The summed E-state index contributed by atoms with van der Waals surface area (Å²) in [5.41, 5.74) is 0. The van der Waals surface area contributed by atoms with E-state index in [1.807, 2.05) is 13.8 Å². The van der Waals surface area contributed by atoms with E-state index in [2.05, 4.69) is 5.32 Å². The molecule has 0 spiro atoms. The third-order valence-electron chi connectivity index (χ3n) is 3.63. The van der Waals surface area contributed by atoms with E-state index >= 15 is 0 Å². The van der Waals surface area contributed by atoms with E-state index in [0.29, 0.717) is 19.5 Å². The number of unbranched alkanes of at least 4 members (excludes halogenated alkanes) is 2. The Morgan fingerprint density at radius 2 is 2.10 bits per heavy atom. The molecule has 1 unspecified atom stereocenters. The van der Waals surface area contributed by atoms with Gasteiger partial charge in [-0.2, -0.15) is 0 Å². The van der Waals surface area contributed by atoms with Crippen molar-refractivity contribution >= 4 is 5.91 Å². The van der Waals surface area contributed by atoms with Crippen molar-refractivity contribution in [3.05, 3.63) is 0 Å². The molecule has 21 heavy (non-hydrogen) atoms. The molecule has 0 aromatic heterocycles. The molecule has 6 heteroatoms. The number of likely N-dealkylation sites (tertiary alicyclic amines) is 1. The Morgan fingerprint density at radius 3 is 2.67 bits per heavy atom. The molecule has 1 N–H and O–H groups in total. The zero-order valence-electron chi connectivity index (χ0n) is 13.3. The quantitative estimate of drug-likeness (QED) is 0.700. The predicted octanol–water partition coefficient (Wildman–Crippen LogP) is 2.43. The van der Waals surface area contributed by atoms with E-state index in [1.165, 1.54) is 6.92 Å². The largest absolute Gasteiger partial charge is 0.379 e. The van der Waals surface area contributed by atoms with Crippen LogP contribution in [0.1, 0.15) is 46.5 Å². The molecule has 0 aromatic carbocycles. The molecule has 1 heterocycles. The van der Waals surface area contributed by atoms with E-state index < -0.39 is 17.9 Å². The fourth-order valence-electron chi connectivity index (χ4n) is 2.56. The van der Waals surface area contributed by atoms with Crippen LogP contribution in [0.4, 0.5) is 8.78 Å². The number of carbonyl (C=O) groups is 1.